The molecular weight excluding hydrogens is 410 g/mol. The van der Waals surface area contributed by atoms with E-state index in [-0.39, 0.29) is 13.1 Å². The van der Waals surface area contributed by atoms with Crippen LogP contribution in [0, 0.1) is 20.2 Å². The van der Waals surface area contributed by atoms with Crippen LogP contribution in [0.1, 0.15) is 0 Å². The highest BCUT2D eigenvalue weighted by molar-refractivity contribution is 7.89. The first-order valence-electron chi connectivity index (χ1n) is 8.58. The molecule has 14 heteroatoms. The molecule has 1 fully saturated rings. The maximum absolute atomic E-state index is 12.7. The fraction of sp³-hybridized carbons (Fsp3) is 0.533. The number of piperazine rings is 1. The Morgan fingerprint density at radius 2 is 1.72 bits per heavy atom. The number of likely N-dealkylation sites (N-methyl/N-ethyl adjacent to an activating group) is 1. The van der Waals surface area contributed by atoms with Gasteiger partial charge in [-0.25, -0.2) is 8.42 Å². The van der Waals surface area contributed by atoms with Gasteiger partial charge >= 0.3 is 5.97 Å². The second-order valence-electron chi connectivity index (χ2n) is 6.50. The van der Waals surface area contributed by atoms with Crippen LogP contribution < -0.4 is 0 Å². The van der Waals surface area contributed by atoms with Gasteiger partial charge in [0.2, 0.25) is 10.0 Å². The molecule has 1 aromatic rings. The molecule has 1 aliphatic rings. The van der Waals surface area contributed by atoms with Gasteiger partial charge in [-0.15, -0.1) is 0 Å². The lowest BCUT2D eigenvalue weighted by atomic mass is 10.3. The summed E-state index contributed by atoms with van der Waals surface area (Å²) in [5, 5.41) is 30.8. The van der Waals surface area contributed by atoms with Gasteiger partial charge in [-0.1, -0.05) is 0 Å². The summed E-state index contributed by atoms with van der Waals surface area (Å²) < 4.78 is 26.5. The van der Waals surface area contributed by atoms with Crippen LogP contribution in [-0.2, 0) is 14.8 Å². The van der Waals surface area contributed by atoms with Crippen molar-refractivity contribution in [1.29, 1.82) is 0 Å². The van der Waals surface area contributed by atoms with Crippen molar-refractivity contribution >= 4 is 27.4 Å². The number of nitro benzene ring substituents is 2. The van der Waals surface area contributed by atoms with Crippen molar-refractivity contribution in [2.24, 2.45) is 0 Å². The van der Waals surface area contributed by atoms with Gasteiger partial charge in [0.1, 0.15) is 0 Å². The number of hydrogen-bond donors (Lipinski definition) is 1. The van der Waals surface area contributed by atoms with Gasteiger partial charge in [-0.2, -0.15) is 4.31 Å². The maximum Gasteiger partial charge on any atom is 0.317 e. The van der Waals surface area contributed by atoms with Crippen molar-refractivity contribution in [2.45, 2.75) is 4.90 Å². The lowest BCUT2D eigenvalue weighted by Crippen LogP contribution is -2.49. The normalized spacial score (nSPS) is 16.1. The topological polar surface area (TPSA) is 167 Å². The summed E-state index contributed by atoms with van der Waals surface area (Å²) in [7, 11) is -2.95. The summed E-state index contributed by atoms with van der Waals surface area (Å²) in [6.45, 7) is 2.57. The predicted octanol–water partition coefficient (Wildman–Crippen LogP) is -0.174. The first kappa shape index (κ1) is 22.6. The molecule has 13 nitrogen and oxygen atoms in total. The summed E-state index contributed by atoms with van der Waals surface area (Å²) in [5.74, 6) is -0.908. The number of nitro groups is 2. The molecule has 160 valence electrons. The van der Waals surface area contributed by atoms with Crippen molar-refractivity contribution in [2.75, 3.05) is 52.9 Å². The van der Waals surface area contributed by atoms with Crippen molar-refractivity contribution in [3.63, 3.8) is 0 Å². The van der Waals surface area contributed by atoms with E-state index in [4.69, 9.17) is 5.11 Å². The first-order valence-corrected chi connectivity index (χ1v) is 10.0. The highest BCUT2D eigenvalue weighted by Gasteiger charge is 2.32. The molecule has 0 amide bonds. The van der Waals surface area contributed by atoms with E-state index in [1.54, 1.807) is 4.90 Å². The Kier molecular flexibility index (Phi) is 7.18. The molecule has 0 radical (unpaired) electrons. The third kappa shape index (κ3) is 5.66. The third-order valence-corrected chi connectivity index (χ3v) is 6.50. The number of nitrogens with zero attached hydrogens (tertiary/aromatic N) is 5. The van der Waals surface area contributed by atoms with Crippen molar-refractivity contribution < 1.29 is 28.2 Å². The van der Waals surface area contributed by atoms with E-state index < -0.39 is 42.1 Å². The number of carboxylic acids is 1. The molecule has 0 aromatic heterocycles. The number of aliphatic carboxylic acids is 1. The second kappa shape index (κ2) is 9.21. The third-order valence-electron chi connectivity index (χ3n) is 4.59. The molecule has 0 unspecified atom stereocenters. The lowest BCUT2D eigenvalue weighted by molar-refractivity contribution is -0.396. The van der Waals surface area contributed by atoms with Gasteiger partial charge < -0.3 is 5.11 Å². The largest absolute Gasteiger partial charge is 0.480 e. The molecule has 0 saturated carbocycles. The number of carbonyl (C=O) groups is 1. The Balaban J connectivity index is 2.05. The zero-order valence-electron chi connectivity index (χ0n) is 15.6. The molecule has 1 saturated heterocycles. The van der Waals surface area contributed by atoms with Crippen LogP contribution in [0.4, 0.5) is 11.4 Å². The average molecular weight is 431 g/mol. The molecule has 0 spiro atoms. The van der Waals surface area contributed by atoms with Gasteiger partial charge in [0, 0.05) is 52.4 Å². The van der Waals surface area contributed by atoms with Crippen molar-refractivity contribution in [1.82, 2.24) is 14.1 Å². The van der Waals surface area contributed by atoms with Crippen LogP contribution in [-0.4, -0.2) is 96.3 Å². The number of carboxylic acid groups (broad SMARTS) is 1. The molecule has 1 N–H and O–H groups in total. The number of benzene rings is 1. The van der Waals surface area contributed by atoms with Crippen LogP contribution in [0.15, 0.2) is 23.1 Å². The molecular formula is C15H21N5O8S. The predicted molar refractivity (Wildman–Crippen MR) is 100 cm³/mol. The van der Waals surface area contributed by atoms with E-state index in [1.807, 2.05) is 4.90 Å². The fourth-order valence-corrected chi connectivity index (χ4v) is 4.21. The van der Waals surface area contributed by atoms with Crippen molar-refractivity contribution in [3.8, 4) is 0 Å². The van der Waals surface area contributed by atoms with Crippen LogP contribution in [0.2, 0.25) is 0 Å². The molecule has 1 aliphatic heterocycles. The van der Waals surface area contributed by atoms with E-state index in [2.05, 4.69) is 0 Å². The molecule has 2 rings (SSSR count). The summed E-state index contributed by atoms with van der Waals surface area (Å²) in [5.41, 5.74) is -1.43. The van der Waals surface area contributed by atoms with Crippen LogP contribution >= 0.6 is 0 Å². The van der Waals surface area contributed by atoms with E-state index in [9.17, 15) is 33.4 Å². The lowest BCUT2D eigenvalue weighted by Gasteiger charge is -2.34. The zero-order chi connectivity index (χ0) is 21.8. The fourth-order valence-electron chi connectivity index (χ4n) is 2.91. The number of hydrogen-bond acceptors (Lipinski definition) is 9. The van der Waals surface area contributed by atoms with Gasteiger partial charge in [-0.3, -0.25) is 34.8 Å². The Hall–Kier alpha value is -2.68. The van der Waals surface area contributed by atoms with Gasteiger partial charge in [0.05, 0.1) is 22.5 Å². The minimum Gasteiger partial charge on any atom is -0.480 e. The smallest absolute Gasteiger partial charge is 0.317 e. The first-order chi connectivity index (χ1) is 13.5. The van der Waals surface area contributed by atoms with Gasteiger partial charge in [0.15, 0.2) is 4.90 Å². The minimum atomic E-state index is -4.23. The molecule has 1 heterocycles. The number of non-ortho nitro benzene ring substituents is 1. The van der Waals surface area contributed by atoms with E-state index in [0.717, 1.165) is 16.4 Å². The summed E-state index contributed by atoms with van der Waals surface area (Å²) >= 11 is 0. The highest BCUT2D eigenvalue weighted by atomic mass is 32.2. The van der Waals surface area contributed by atoms with Crippen LogP contribution in [0.5, 0.6) is 0 Å². The van der Waals surface area contributed by atoms with E-state index in [0.29, 0.717) is 38.8 Å². The van der Waals surface area contributed by atoms with Crippen LogP contribution in [0.3, 0.4) is 0 Å². The van der Waals surface area contributed by atoms with E-state index >= 15 is 0 Å². The molecule has 29 heavy (non-hydrogen) atoms. The second-order valence-corrected chi connectivity index (χ2v) is 8.52. The quantitative estimate of drug-likeness (QED) is 0.409. The molecule has 1 aromatic carbocycles. The Bertz CT molecular complexity index is 898. The summed E-state index contributed by atoms with van der Waals surface area (Å²) in [6.07, 6.45) is 0. The van der Waals surface area contributed by atoms with Gasteiger partial charge in [-0.05, 0) is 6.07 Å². The van der Waals surface area contributed by atoms with Crippen LogP contribution in [0.25, 0.3) is 0 Å². The maximum atomic E-state index is 12.7. The highest BCUT2D eigenvalue weighted by Crippen LogP contribution is 2.30. The Morgan fingerprint density at radius 1 is 1.14 bits per heavy atom. The SMILES string of the molecule is CN(CCN1CCN(CC(=O)O)CC1)S(=O)(=O)c1ccc([N+](=O)[O-])cc1[N+](=O)[O-]. The monoisotopic (exact) mass is 431 g/mol. The number of rotatable bonds is 9. The minimum absolute atomic E-state index is 0.0497. The Labute approximate surface area is 166 Å². The zero-order valence-corrected chi connectivity index (χ0v) is 16.4. The van der Waals surface area contributed by atoms with Gasteiger partial charge in [0.25, 0.3) is 11.4 Å². The summed E-state index contributed by atoms with van der Waals surface area (Å²) in [4.78, 5) is 34.1. The van der Waals surface area contributed by atoms with Crippen molar-refractivity contribution in [3.05, 3.63) is 38.4 Å². The molecule has 0 atom stereocenters. The molecule has 0 aliphatic carbocycles. The van der Waals surface area contributed by atoms with E-state index in [1.165, 1.54) is 7.05 Å². The molecule has 0 bridgehead atoms. The average Bonchev–Trinajstić information content (AvgIpc) is 2.66. The number of sulfonamides is 1. The summed E-state index contributed by atoms with van der Waals surface area (Å²) in [6, 6.07) is 2.41. The Morgan fingerprint density at radius 3 is 2.24 bits per heavy atom. The standard InChI is InChI=1S/C15H21N5O8S/c1-16(4-5-17-6-8-18(9-7-17)11-15(21)22)29(27,28)14-3-2-12(19(23)24)10-13(14)20(25)26/h2-3,10H,4-9,11H2,1H3,(H,21,22).